The smallest absolute Gasteiger partial charge is 0.233 e. The maximum Gasteiger partial charge on any atom is 0.233 e. The van der Waals surface area contributed by atoms with Gasteiger partial charge < -0.3 is 14.4 Å². The molecule has 156 valence electrons. The van der Waals surface area contributed by atoms with Gasteiger partial charge in [-0.2, -0.15) is 0 Å². The summed E-state index contributed by atoms with van der Waals surface area (Å²) in [5.74, 6) is 2.44. The Morgan fingerprint density at radius 2 is 1.77 bits per heavy atom. The number of piperazine rings is 1. The minimum atomic E-state index is 0.149. The van der Waals surface area contributed by atoms with Crippen molar-refractivity contribution in [3.8, 4) is 0 Å². The average molecular weight is 423 g/mol. The van der Waals surface area contributed by atoms with E-state index in [-0.39, 0.29) is 5.91 Å². The Hall–Kier alpha value is -2.87. The molecular weight excluding hydrogens is 396 g/mol. The van der Waals surface area contributed by atoms with Gasteiger partial charge >= 0.3 is 0 Å². The van der Waals surface area contributed by atoms with E-state index >= 15 is 0 Å². The molecular formula is C22H26N6OS. The monoisotopic (exact) mass is 422 g/mol. The first-order valence-corrected chi connectivity index (χ1v) is 11.3. The topological polar surface area (TPSA) is 67.2 Å². The minimum absolute atomic E-state index is 0.149. The molecule has 7 nitrogen and oxygen atoms in total. The molecule has 0 N–H and O–H groups in total. The first-order valence-electron chi connectivity index (χ1n) is 10.3. The summed E-state index contributed by atoms with van der Waals surface area (Å²) in [7, 11) is 0. The third kappa shape index (κ3) is 4.81. The van der Waals surface area contributed by atoms with Crippen LogP contribution < -0.4 is 4.90 Å². The van der Waals surface area contributed by atoms with Gasteiger partial charge in [0.1, 0.15) is 11.6 Å². The summed E-state index contributed by atoms with van der Waals surface area (Å²) in [6, 6.07) is 16.2. The Kier molecular flexibility index (Phi) is 6.63. The molecule has 0 radical (unpaired) electrons. The predicted molar refractivity (Wildman–Crippen MR) is 119 cm³/mol. The number of carbonyl (C=O) groups is 1. The van der Waals surface area contributed by atoms with Gasteiger partial charge in [0.2, 0.25) is 5.91 Å². The first kappa shape index (κ1) is 20.4. The highest BCUT2D eigenvalue weighted by molar-refractivity contribution is 7.99. The second kappa shape index (κ2) is 9.75. The Balaban J connectivity index is 1.31. The van der Waals surface area contributed by atoms with Gasteiger partial charge in [-0.05, 0) is 24.6 Å². The van der Waals surface area contributed by atoms with Crippen molar-refractivity contribution >= 4 is 23.5 Å². The van der Waals surface area contributed by atoms with Crippen LogP contribution in [0.5, 0.6) is 0 Å². The van der Waals surface area contributed by atoms with Crippen LogP contribution in [0.15, 0.2) is 59.9 Å². The summed E-state index contributed by atoms with van der Waals surface area (Å²) in [4.78, 5) is 21.3. The van der Waals surface area contributed by atoms with Gasteiger partial charge in [0.15, 0.2) is 5.16 Å². The lowest BCUT2D eigenvalue weighted by atomic mass is 10.1. The molecule has 1 aliphatic heterocycles. The molecule has 1 aliphatic rings. The zero-order chi connectivity index (χ0) is 20.8. The summed E-state index contributed by atoms with van der Waals surface area (Å²) in [6.45, 7) is 5.92. The number of carbonyl (C=O) groups excluding carboxylic acids is 1. The van der Waals surface area contributed by atoms with Crippen molar-refractivity contribution in [2.45, 2.75) is 25.0 Å². The maximum atomic E-state index is 12.7. The van der Waals surface area contributed by atoms with Gasteiger partial charge in [0, 0.05) is 45.3 Å². The SMILES string of the molecule is CCn1c(Cc2ccccc2)nnc1SCC(=O)N1CCN(c2ccccn2)CC1. The number of anilines is 1. The number of hydrogen-bond acceptors (Lipinski definition) is 6. The fourth-order valence-corrected chi connectivity index (χ4v) is 4.52. The molecule has 1 amide bonds. The molecule has 0 bridgehead atoms. The van der Waals surface area contributed by atoms with Gasteiger partial charge in [0.05, 0.1) is 5.75 Å². The highest BCUT2D eigenvalue weighted by Crippen LogP contribution is 2.20. The van der Waals surface area contributed by atoms with E-state index < -0.39 is 0 Å². The van der Waals surface area contributed by atoms with Crippen LogP contribution in [-0.4, -0.2) is 62.5 Å². The van der Waals surface area contributed by atoms with Crippen molar-refractivity contribution in [1.82, 2.24) is 24.6 Å². The van der Waals surface area contributed by atoms with E-state index in [9.17, 15) is 4.79 Å². The molecule has 0 atom stereocenters. The minimum Gasteiger partial charge on any atom is -0.353 e. The normalized spacial score (nSPS) is 14.2. The number of thioether (sulfide) groups is 1. The summed E-state index contributed by atoms with van der Waals surface area (Å²) in [5.41, 5.74) is 1.21. The van der Waals surface area contributed by atoms with Crippen LogP contribution in [0.25, 0.3) is 0 Å². The quantitative estimate of drug-likeness (QED) is 0.546. The average Bonchev–Trinajstić information content (AvgIpc) is 3.20. The Labute approximate surface area is 181 Å². The van der Waals surface area contributed by atoms with Crippen LogP contribution in [0, 0.1) is 0 Å². The van der Waals surface area contributed by atoms with E-state index in [0.717, 1.165) is 55.9 Å². The number of rotatable bonds is 7. The molecule has 0 spiro atoms. The molecule has 3 heterocycles. The van der Waals surface area contributed by atoms with Gasteiger partial charge in [-0.1, -0.05) is 48.2 Å². The van der Waals surface area contributed by atoms with Crippen molar-refractivity contribution < 1.29 is 4.79 Å². The molecule has 30 heavy (non-hydrogen) atoms. The van der Waals surface area contributed by atoms with Crippen molar-refractivity contribution in [3.63, 3.8) is 0 Å². The summed E-state index contributed by atoms with van der Waals surface area (Å²) in [6.07, 6.45) is 2.55. The number of benzene rings is 1. The van der Waals surface area contributed by atoms with Gasteiger partial charge in [-0.3, -0.25) is 4.79 Å². The van der Waals surface area contributed by atoms with E-state index in [2.05, 4.69) is 43.7 Å². The Morgan fingerprint density at radius 1 is 1.00 bits per heavy atom. The maximum absolute atomic E-state index is 12.7. The Bertz CT molecular complexity index is 954. The van der Waals surface area contributed by atoms with E-state index in [4.69, 9.17) is 0 Å². The van der Waals surface area contributed by atoms with Crippen molar-refractivity contribution in [1.29, 1.82) is 0 Å². The number of hydrogen-bond donors (Lipinski definition) is 0. The number of nitrogens with zero attached hydrogens (tertiary/aromatic N) is 6. The molecule has 0 saturated carbocycles. The van der Waals surface area contributed by atoms with E-state index in [0.29, 0.717) is 5.75 Å². The standard InChI is InChI=1S/C22H26N6OS/c1-2-28-20(16-18-8-4-3-5-9-18)24-25-22(28)30-17-21(29)27-14-12-26(13-15-27)19-10-6-7-11-23-19/h3-11H,2,12-17H2,1H3. The molecule has 1 fully saturated rings. The third-order valence-corrected chi connectivity index (χ3v) is 6.20. The molecule has 4 rings (SSSR count). The summed E-state index contributed by atoms with van der Waals surface area (Å²) < 4.78 is 2.10. The van der Waals surface area contributed by atoms with Gasteiger partial charge in [0.25, 0.3) is 0 Å². The lowest BCUT2D eigenvalue weighted by molar-refractivity contribution is -0.128. The summed E-state index contributed by atoms with van der Waals surface area (Å²) >= 11 is 1.47. The van der Waals surface area contributed by atoms with Crippen molar-refractivity contribution in [2.75, 3.05) is 36.8 Å². The van der Waals surface area contributed by atoms with Crippen LogP contribution in [0.2, 0.25) is 0 Å². The van der Waals surface area contributed by atoms with E-state index in [1.807, 2.05) is 41.3 Å². The molecule has 2 aromatic heterocycles. The lowest BCUT2D eigenvalue weighted by Gasteiger charge is -2.35. The molecule has 0 aliphatic carbocycles. The van der Waals surface area contributed by atoms with E-state index in [1.54, 1.807) is 6.20 Å². The molecule has 8 heteroatoms. The van der Waals surface area contributed by atoms with Crippen LogP contribution in [-0.2, 0) is 17.8 Å². The Morgan fingerprint density at radius 3 is 2.47 bits per heavy atom. The highest BCUT2D eigenvalue weighted by atomic mass is 32.2. The second-order valence-electron chi connectivity index (χ2n) is 7.15. The molecule has 1 aromatic carbocycles. The molecule has 3 aromatic rings. The number of aromatic nitrogens is 4. The fourth-order valence-electron chi connectivity index (χ4n) is 3.60. The highest BCUT2D eigenvalue weighted by Gasteiger charge is 2.22. The summed E-state index contributed by atoms with van der Waals surface area (Å²) in [5, 5.41) is 9.52. The number of pyridine rings is 1. The van der Waals surface area contributed by atoms with Gasteiger partial charge in [-0.25, -0.2) is 4.98 Å². The van der Waals surface area contributed by atoms with Crippen LogP contribution in [0.3, 0.4) is 0 Å². The van der Waals surface area contributed by atoms with Crippen LogP contribution in [0.4, 0.5) is 5.82 Å². The molecule has 0 unspecified atom stereocenters. The predicted octanol–water partition coefficient (Wildman–Crippen LogP) is 2.72. The zero-order valence-corrected chi connectivity index (χ0v) is 18.0. The van der Waals surface area contributed by atoms with Crippen LogP contribution >= 0.6 is 11.8 Å². The number of amides is 1. The van der Waals surface area contributed by atoms with Crippen molar-refractivity contribution in [3.05, 3.63) is 66.1 Å². The third-order valence-electron chi connectivity index (χ3n) is 5.25. The van der Waals surface area contributed by atoms with Crippen LogP contribution in [0.1, 0.15) is 18.3 Å². The van der Waals surface area contributed by atoms with Crippen molar-refractivity contribution in [2.24, 2.45) is 0 Å². The van der Waals surface area contributed by atoms with Gasteiger partial charge in [-0.15, -0.1) is 10.2 Å². The van der Waals surface area contributed by atoms with E-state index in [1.165, 1.54) is 17.3 Å². The zero-order valence-electron chi connectivity index (χ0n) is 17.1. The lowest BCUT2D eigenvalue weighted by Crippen LogP contribution is -2.49. The molecule has 1 saturated heterocycles. The first-order chi connectivity index (χ1) is 14.7. The fraction of sp³-hybridized carbons (Fsp3) is 0.364. The second-order valence-corrected chi connectivity index (χ2v) is 8.09. The largest absolute Gasteiger partial charge is 0.353 e.